The molecule has 0 spiro atoms. The topological polar surface area (TPSA) is 374 Å². The molecular formula is C56H85LuN15O14. The van der Waals surface area contributed by atoms with Crippen LogP contribution in [0.3, 0.4) is 0 Å². The van der Waals surface area contributed by atoms with Gasteiger partial charge in [-0.1, -0.05) is 26.0 Å². The van der Waals surface area contributed by atoms with Crippen LogP contribution in [-0.4, -0.2) is 290 Å². The van der Waals surface area contributed by atoms with Gasteiger partial charge >= 0.3 is 17.9 Å². The molecule has 30 heteroatoms. The summed E-state index contributed by atoms with van der Waals surface area (Å²) in [6, 6.07) is 9.34. The zero-order valence-corrected chi connectivity index (χ0v) is 51.3. The first-order valence-electron chi connectivity index (χ1n) is 28.7. The Balaban J connectivity index is 0.0000158. The Bertz CT molecular complexity index is 2750. The van der Waals surface area contributed by atoms with Crippen LogP contribution in [0.25, 0.3) is 17.1 Å². The van der Waals surface area contributed by atoms with Crippen LogP contribution in [0.5, 0.6) is 11.5 Å². The van der Waals surface area contributed by atoms with Gasteiger partial charge in [0.1, 0.15) is 17.5 Å². The van der Waals surface area contributed by atoms with Gasteiger partial charge in [0.25, 0.3) is 5.91 Å². The SMILES string of the molecule is CCNC(=O)c1nnc(-c2cc(C(C)C)c(O)cc2O)n1-c1ccc(CN2CCN(C(=O)CCNC(=O)CN(C)C(=O)[C@@H](CCCCN)NC(=O)CN(C)C(=O)CN3CCN(CC(=O)O)CCN(CC(=O)O)CCN(CC(=O)O)CC3)CC2)cc1.[Lu]. The standard InChI is InChI=1S/C56H85N15O14.Lu/c1-6-58-55(84)54-62-61-53(42-29-41(38(2)3)44(72)30-45(42)73)71(54)40-12-10-39(11-13-40)31-65-25-27-70(28-26-65)48(76)14-16-59-46(74)32-64(5)56(85)43(9-7-8-15-57)60-47(75)33-63(4)49(77)34-66-17-19-67(35-50(78)79)21-23-69(37-52(82)83)24-22-68(20-18-66)36-51(80)81;/h10-13,29-30,38,43,72-73H,6-9,14-28,31-37,57H2,1-5H3,(H,58,84)(H,59,74)(H,60,75)(H,78,79)(H,80,81)(H,82,83);/t43-;/m1./s1. The van der Waals surface area contributed by atoms with E-state index in [1.807, 2.05) is 38.1 Å². The van der Waals surface area contributed by atoms with Crippen LogP contribution in [-0.2, 0) is 44.9 Å². The predicted octanol–water partition coefficient (Wildman–Crippen LogP) is -1.62. The summed E-state index contributed by atoms with van der Waals surface area (Å²) in [7, 11) is 2.84. The second-order valence-electron chi connectivity index (χ2n) is 21.7. The van der Waals surface area contributed by atoms with Gasteiger partial charge in [-0.2, -0.15) is 0 Å². The molecule has 483 valence electrons. The summed E-state index contributed by atoms with van der Waals surface area (Å²) < 4.78 is 1.57. The third kappa shape index (κ3) is 22.9. The largest absolute Gasteiger partial charge is 0.508 e. The van der Waals surface area contributed by atoms with Crippen molar-refractivity contribution in [3.05, 3.63) is 53.3 Å². The van der Waals surface area contributed by atoms with E-state index in [-0.39, 0.29) is 176 Å². The van der Waals surface area contributed by atoms with Crippen molar-refractivity contribution >= 4 is 53.4 Å². The zero-order valence-electron chi connectivity index (χ0n) is 49.7. The van der Waals surface area contributed by atoms with Gasteiger partial charge in [-0.3, -0.25) is 72.2 Å². The third-order valence-corrected chi connectivity index (χ3v) is 14.7. The Morgan fingerprint density at radius 3 is 1.69 bits per heavy atom. The molecule has 1 radical (unpaired) electrons. The molecule has 29 nitrogen and oxygen atoms in total. The van der Waals surface area contributed by atoms with Crippen molar-refractivity contribution in [2.45, 2.75) is 65.0 Å². The monoisotopic (exact) mass is 1370 g/mol. The van der Waals surface area contributed by atoms with Gasteiger partial charge in [0.2, 0.25) is 35.4 Å². The molecule has 3 heterocycles. The maximum absolute atomic E-state index is 13.8. The zero-order chi connectivity index (χ0) is 62.3. The van der Waals surface area contributed by atoms with Crippen LogP contribution in [0.4, 0.5) is 0 Å². The molecular weight excluding hydrogens is 1280 g/mol. The molecule has 5 rings (SSSR count). The summed E-state index contributed by atoms with van der Waals surface area (Å²) in [4.78, 5) is 128. The van der Waals surface area contributed by atoms with Crippen LogP contribution in [0.15, 0.2) is 36.4 Å². The number of benzene rings is 2. The minimum atomic E-state index is -1.09. The molecule has 10 N–H and O–H groups in total. The fourth-order valence-electron chi connectivity index (χ4n) is 9.96. The van der Waals surface area contributed by atoms with E-state index in [1.54, 1.807) is 42.1 Å². The molecule has 1 atom stereocenters. The van der Waals surface area contributed by atoms with E-state index in [4.69, 9.17) is 5.73 Å². The van der Waals surface area contributed by atoms with Gasteiger partial charge in [0, 0.05) is 167 Å². The van der Waals surface area contributed by atoms with Gasteiger partial charge in [0.15, 0.2) is 5.82 Å². The summed E-state index contributed by atoms with van der Waals surface area (Å²) in [6.07, 6.45) is 1.25. The molecule has 86 heavy (non-hydrogen) atoms. The molecule has 1 aromatic heterocycles. The Labute approximate surface area is 529 Å². The molecule has 0 unspecified atom stereocenters. The molecule has 0 aliphatic carbocycles. The number of aromatic hydroxyl groups is 2. The van der Waals surface area contributed by atoms with Crippen molar-refractivity contribution in [1.82, 2.24) is 69.9 Å². The number of piperazine rings is 1. The number of aliphatic carboxylic acids is 3. The Kier molecular flexibility index (Phi) is 30.0. The molecule has 3 aromatic rings. The van der Waals surface area contributed by atoms with Gasteiger partial charge in [0.05, 0.1) is 44.8 Å². The molecule has 2 aliphatic rings. The second-order valence-corrected chi connectivity index (χ2v) is 21.7. The molecule has 2 aliphatic heterocycles. The van der Waals surface area contributed by atoms with Crippen molar-refractivity contribution < 1.29 is 106 Å². The quantitative estimate of drug-likeness (QED) is 0.0369. The van der Waals surface area contributed by atoms with E-state index in [2.05, 4.69) is 31.0 Å². The summed E-state index contributed by atoms with van der Waals surface area (Å²) in [5.74, 6) is -6.15. The number of carbonyl (C=O) groups is 9. The van der Waals surface area contributed by atoms with Crippen molar-refractivity contribution in [3.63, 3.8) is 0 Å². The summed E-state index contributed by atoms with van der Waals surface area (Å²) >= 11 is 0. The van der Waals surface area contributed by atoms with Crippen LogP contribution in [0.1, 0.15) is 74.1 Å². The smallest absolute Gasteiger partial charge is 0.317 e. The normalized spacial score (nSPS) is 15.5. The number of nitrogens with one attached hydrogen (secondary N) is 3. The minimum Gasteiger partial charge on any atom is -0.508 e. The van der Waals surface area contributed by atoms with Crippen molar-refractivity contribution in [2.75, 3.05) is 152 Å². The number of nitrogens with zero attached hydrogens (tertiary/aromatic N) is 11. The van der Waals surface area contributed by atoms with Gasteiger partial charge < -0.3 is 61.9 Å². The molecule has 6 amide bonds. The molecule has 0 saturated carbocycles. The van der Waals surface area contributed by atoms with Gasteiger partial charge in [-0.15, -0.1) is 10.2 Å². The number of rotatable bonds is 28. The first-order valence-corrected chi connectivity index (χ1v) is 28.7. The number of likely N-dealkylation sites (N-methyl/N-ethyl adjacent to an activating group) is 2. The number of hydrogen-bond donors (Lipinski definition) is 9. The number of carbonyl (C=O) groups excluding carboxylic acids is 6. The average Bonchev–Trinajstić information content (AvgIpc) is 2.38. The van der Waals surface area contributed by atoms with E-state index in [0.717, 1.165) is 5.56 Å². The number of carboxylic acids is 3. The van der Waals surface area contributed by atoms with Crippen LogP contribution in [0.2, 0.25) is 0 Å². The molecule has 2 fully saturated rings. The number of amides is 6. The molecule has 0 bridgehead atoms. The van der Waals surface area contributed by atoms with Crippen LogP contribution >= 0.6 is 0 Å². The summed E-state index contributed by atoms with van der Waals surface area (Å²) in [6.45, 7) is 8.63. The van der Waals surface area contributed by atoms with E-state index in [1.165, 1.54) is 30.0 Å². The maximum Gasteiger partial charge on any atom is 0.317 e. The van der Waals surface area contributed by atoms with E-state index >= 15 is 0 Å². The predicted molar refractivity (Wildman–Crippen MR) is 310 cm³/mol. The number of phenolic OH excluding ortho intramolecular Hbond substituents is 2. The average molecular weight is 1370 g/mol. The number of unbranched alkanes of at least 4 members (excludes halogenated alkanes) is 1. The molecule has 2 saturated heterocycles. The number of hydrogen-bond acceptors (Lipinski definition) is 19. The van der Waals surface area contributed by atoms with Crippen molar-refractivity contribution in [3.8, 4) is 28.6 Å². The van der Waals surface area contributed by atoms with Gasteiger partial charge in [-0.05, 0) is 68.0 Å². The third-order valence-electron chi connectivity index (χ3n) is 14.7. The fourth-order valence-corrected chi connectivity index (χ4v) is 9.96. The van der Waals surface area contributed by atoms with Crippen molar-refractivity contribution in [2.24, 2.45) is 5.73 Å². The van der Waals surface area contributed by atoms with E-state index < -0.39 is 60.0 Å². The fraction of sp³-hybridized carbons (Fsp3) is 0.589. The Morgan fingerprint density at radius 2 is 1.17 bits per heavy atom. The Hall–Kier alpha value is -6.60. The van der Waals surface area contributed by atoms with Crippen molar-refractivity contribution in [1.29, 1.82) is 0 Å². The van der Waals surface area contributed by atoms with E-state index in [0.29, 0.717) is 75.5 Å². The first-order chi connectivity index (χ1) is 40.5. The molecule has 2 aromatic carbocycles. The number of nitrogens with two attached hydrogens (primary N) is 1. The summed E-state index contributed by atoms with van der Waals surface area (Å²) in [5.41, 5.74) is 8.16. The second kappa shape index (κ2) is 35.9. The Morgan fingerprint density at radius 1 is 0.651 bits per heavy atom. The van der Waals surface area contributed by atoms with Crippen LogP contribution in [0, 0.1) is 36.9 Å². The minimum absolute atomic E-state index is 0. The first kappa shape index (κ1) is 71.9. The van der Waals surface area contributed by atoms with Crippen LogP contribution < -0.4 is 21.7 Å². The number of carboxylic acid groups (broad SMARTS) is 3. The van der Waals surface area contributed by atoms with E-state index in [9.17, 15) is 68.7 Å². The number of aromatic nitrogens is 3. The maximum atomic E-state index is 13.8. The number of phenols is 2. The summed E-state index contributed by atoms with van der Waals surface area (Å²) in [5, 5.41) is 66.6. The van der Waals surface area contributed by atoms with Gasteiger partial charge in [-0.25, -0.2) is 0 Å².